The van der Waals surface area contributed by atoms with E-state index >= 15 is 0 Å². The first-order valence-electron chi connectivity index (χ1n) is 5.17. The van der Waals surface area contributed by atoms with Crippen molar-refractivity contribution < 1.29 is 4.42 Å². The van der Waals surface area contributed by atoms with Crippen LogP contribution in [0.25, 0.3) is 11.3 Å². The van der Waals surface area contributed by atoms with Crippen LogP contribution in [0.15, 0.2) is 35.3 Å². The van der Waals surface area contributed by atoms with E-state index in [4.69, 9.17) is 4.42 Å². The van der Waals surface area contributed by atoms with E-state index in [1.165, 1.54) is 23.1 Å². The summed E-state index contributed by atoms with van der Waals surface area (Å²) in [6, 6.07) is 6.44. The van der Waals surface area contributed by atoms with Gasteiger partial charge in [0.15, 0.2) is 6.39 Å². The number of benzene rings is 1. The van der Waals surface area contributed by atoms with Gasteiger partial charge in [-0.1, -0.05) is 37.6 Å². The van der Waals surface area contributed by atoms with Gasteiger partial charge in [0.2, 0.25) is 0 Å². The molecule has 1 heterocycles. The topological polar surface area (TPSA) is 26.0 Å². The Morgan fingerprint density at radius 1 is 1.27 bits per heavy atom. The first kappa shape index (κ1) is 9.97. The smallest absolute Gasteiger partial charge is 0.181 e. The van der Waals surface area contributed by atoms with Crippen molar-refractivity contribution >= 4 is 0 Å². The van der Waals surface area contributed by atoms with E-state index in [0.717, 1.165) is 5.69 Å². The predicted molar refractivity (Wildman–Crippen MR) is 60.8 cm³/mol. The van der Waals surface area contributed by atoms with Crippen molar-refractivity contribution in [1.82, 2.24) is 4.98 Å². The van der Waals surface area contributed by atoms with Gasteiger partial charge in [-0.15, -0.1) is 0 Å². The first-order valence-corrected chi connectivity index (χ1v) is 5.17. The first-order chi connectivity index (χ1) is 7.18. The summed E-state index contributed by atoms with van der Waals surface area (Å²) < 4.78 is 5.02. The number of rotatable bonds is 2. The van der Waals surface area contributed by atoms with Crippen molar-refractivity contribution in [1.29, 1.82) is 0 Å². The average Bonchev–Trinajstić information content (AvgIpc) is 2.70. The lowest BCUT2D eigenvalue weighted by molar-refractivity contribution is 0.558. The summed E-state index contributed by atoms with van der Waals surface area (Å²) in [7, 11) is 0. The van der Waals surface area contributed by atoms with E-state index in [9.17, 15) is 0 Å². The molecule has 0 saturated carbocycles. The van der Waals surface area contributed by atoms with Gasteiger partial charge in [0, 0.05) is 5.56 Å². The van der Waals surface area contributed by atoms with E-state index in [1.807, 2.05) is 0 Å². The lowest BCUT2D eigenvalue weighted by Gasteiger charge is -2.11. The van der Waals surface area contributed by atoms with Gasteiger partial charge in [0.05, 0.1) is 0 Å². The Morgan fingerprint density at radius 2 is 2.07 bits per heavy atom. The van der Waals surface area contributed by atoms with Crippen LogP contribution in [0.5, 0.6) is 0 Å². The molecule has 2 rings (SSSR count). The van der Waals surface area contributed by atoms with Crippen LogP contribution in [0.1, 0.15) is 30.9 Å². The van der Waals surface area contributed by atoms with Crippen molar-refractivity contribution in [2.75, 3.05) is 0 Å². The van der Waals surface area contributed by atoms with Crippen LogP contribution in [-0.4, -0.2) is 4.98 Å². The molecule has 0 atom stereocenters. The molecule has 0 saturated heterocycles. The van der Waals surface area contributed by atoms with Gasteiger partial charge in [0.25, 0.3) is 0 Å². The molecule has 0 aliphatic heterocycles. The van der Waals surface area contributed by atoms with Gasteiger partial charge in [-0.25, -0.2) is 4.98 Å². The van der Waals surface area contributed by atoms with Gasteiger partial charge in [-0.3, -0.25) is 0 Å². The van der Waals surface area contributed by atoms with Gasteiger partial charge in [-0.2, -0.15) is 0 Å². The number of aryl methyl sites for hydroxylation is 1. The SMILES string of the molecule is Cc1ccc(-c2cocn2)c(C(C)C)c1. The summed E-state index contributed by atoms with van der Waals surface area (Å²) in [5.41, 5.74) is 4.69. The Morgan fingerprint density at radius 3 is 2.67 bits per heavy atom. The highest BCUT2D eigenvalue weighted by atomic mass is 16.3. The standard InChI is InChI=1S/C13H15NO/c1-9(2)12-6-10(3)4-5-11(12)13-7-15-8-14-13/h4-9H,1-3H3. The van der Waals surface area contributed by atoms with Crippen LogP contribution in [-0.2, 0) is 0 Å². The van der Waals surface area contributed by atoms with Crippen molar-refractivity contribution in [3.8, 4) is 11.3 Å². The molecule has 78 valence electrons. The minimum absolute atomic E-state index is 0.497. The predicted octanol–water partition coefficient (Wildman–Crippen LogP) is 3.77. The minimum atomic E-state index is 0.497. The lowest BCUT2D eigenvalue weighted by atomic mass is 9.94. The molecule has 0 bridgehead atoms. The zero-order valence-corrected chi connectivity index (χ0v) is 9.32. The van der Waals surface area contributed by atoms with E-state index in [2.05, 4.69) is 44.0 Å². The average molecular weight is 201 g/mol. The summed E-state index contributed by atoms with van der Waals surface area (Å²) in [6.45, 7) is 6.50. The number of hydrogen-bond acceptors (Lipinski definition) is 2. The molecule has 0 radical (unpaired) electrons. The fraction of sp³-hybridized carbons (Fsp3) is 0.308. The van der Waals surface area contributed by atoms with E-state index in [1.54, 1.807) is 6.26 Å². The maximum Gasteiger partial charge on any atom is 0.181 e. The molecule has 0 aliphatic rings. The van der Waals surface area contributed by atoms with Crippen molar-refractivity contribution in [2.45, 2.75) is 26.7 Å². The molecule has 0 unspecified atom stereocenters. The molecule has 2 nitrogen and oxygen atoms in total. The van der Waals surface area contributed by atoms with E-state index in [-0.39, 0.29) is 0 Å². The van der Waals surface area contributed by atoms with Crippen molar-refractivity contribution in [3.63, 3.8) is 0 Å². The Balaban J connectivity index is 2.56. The van der Waals surface area contributed by atoms with Crippen LogP contribution in [0, 0.1) is 6.92 Å². The summed E-state index contributed by atoms with van der Waals surface area (Å²) in [4.78, 5) is 4.19. The molecule has 2 aromatic rings. The maximum absolute atomic E-state index is 5.02. The highest BCUT2D eigenvalue weighted by molar-refractivity contribution is 5.64. The van der Waals surface area contributed by atoms with Gasteiger partial charge < -0.3 is 4.42 Å². The second-order valence-corrected chi connectivity index (χ2v) is 4.12. The third kappa shape index (κ3) is 1.94. The Labute approximate surface area is 90.0 Å². The van der Waals surface area contributed by atoms with Gasteiger partial charge in [0.1, 0.15) is 12.0 Å². The molecule has 1 aromatic heterocycles. The van der Waals surface area contributed by atoms with Crippen LogP contribution < -0.4 is 0 Å². The summed E-state index contributed by atoms with van der Waals surface area (Å²) in [5, 5.41) is 0. The summed E-state index contributed by atoms with van der Waals surface area (Å²) in [6.07, 6.45) is 3.16. The third-order valence-electron chi connectivity index (χ3n) is 2.54. The van der Waals surface area contributed by atoms with Crippen molar-refractivity contribution in [3.05, 3.63) is 42.0 Å². The molecule has 0 aliphatic carbocycles. The molecular weight excluding hydrogens is 186 g/mol. The fourth-order valence-corrected chi connectivity index (χ4v) is 1.74. The molecule has 15 heavy (non-hydrogen) atoms. The number of hydrogen-bond donors (Lipinski definition) is 0. The number of aromatic nitrogens is 1. The zero-order chi connectivity index (χ0) is 10.8. The second-order valence-electron chi connectivity index (χ2n) is 4.12. The highest BCUT2D eigenvalue weighted by Crippen LogP contribution is 2.28. The Hall–Kier alpha value is -1.57. The second kappa shape index (κ2) is 3.89. The Bertz CT molecular complexity index is 444. The maximum atomic E-state index is 5.02. The summed E-state index contributed by atoms with van der Waals surface area (Å²) >= 11 is 0. The van der Waals surface area contributed by atoms with Gasteiger partial charge in [-0.05, 0) is 18.4 Å². The largest absolute Gasteiger partial charge is 0.451 e. The third-order valence-corrected chi connectivity index (χ3v) is 2.54. The monoisotopic (exact) mass is 201 g/mol. The zero-order valence-electron chi connectivity index (χ0n) is 9.32. The normalized spacial score (nSPS) is 10.9. The van der Waals surface area contributed by atoms with Crippen LogP contribution in [0.2, 0.25) is 0 Å². The fourth-order valence-electron chi connectivity index (χ4n) is 1.74. The van der Waals surface area contributed by atoms with Crippen LogP contribution in [0.4, 0.5) is 0 Å². The molecule has 0 spiro atoms. The minimum Gasteiger partial charge on any atom is -0.451 e. The van der Waals surface area contributed by atoms with Crippen molar-refractivity contribution in [2.24, 2.45) is 0 Å². The molecule has 0 amide bonds. The summed E-state index contributed by atoms with van der Waals surface area (Å²) in [5.74, 6) is 0.497. The quantitative estimate of drug-likeness (QED) is 0.739. The highest BCUT2D eigenvalue weighted by Gasteiger charge is 2.10. The molecule has 2 heteroatoms. The van der Waals surface area contributed by atoms with Crippen LogP contribution >= 0.6 is 0 Å². The number of oxazole rings is 1. The number of nitrogens with zero attached hydrogens (tertiary/aromatic N) is 1. The van der Waals surface area contributed by atoms with Gasteiger partial charge >= 0.3 is 0 Å². The molecular formula is C13H15NO. The van der Waals surface area contributed by atoms with E-state index < -0.39 is 0 Å². The Kier molecular flexibility index (Phi) is 2.58. The molecule has 0 N–H and O–H groups in total. The molecule has 1 aromatic carbocycles. The van der Waals surface area contributed by atoms with E-state index in [0.29, 0.717) is 5.92 Å². The molecule has 0 fully saturated rings. The lowest BCUT2D eigenvalue weighted by Crippen LogP contribution is -1.93. The van der Waals surface area contributed by atoms with Crippen LogP contribution in [0.3, 0.4) is 0 Å².